The van der Waals surface area contributed by atoms with E-state index >= 15 is 0 Å². The molecule has 2 rings (SSSR count). The number of aromatic nitrogens is 2. The largest absolute Gasteiger partial charge is 0.345 e. The molecule has 13 heavy (non-hydrogen) atoms. The van der Waals surface area contributed by atoms with Crippen LogP contribution in [0.5, 0.6) is 0 Å². The van der Waals surface area contributed by atoms with E-state index in [1.165, 1.54) is 0 Å². The van der Waals surface area contributed by atoms with E-state index in [0.29, 0.717) is 5.56 Å². The van der Waals surface area contributed by atoms with Gasteiger partial charge >= 0.3 is 0 Å². The van der Waals surface area contributed by atoms with Crippen molar-refractivity contribution in [2.75, 3.05) is 0 Å². The summed E-state index contributed by atoms with van der Waals surface area (Å²) in [5, 5.41) is 0.931. The van der Waals surface area contributed by atoms with Crippen LogP contribution in [-0.2, 0) is 0 Å². The van der Waals surface area contributed by atoms with E-state index in [9.17, 15) is 4.79 Å². The quantitative estimate of drug-likeness (QED) is 0.672. The zero-order valence-electron chi connectivity index (χ0n) is 7.59. The van der Waals surface area contributed by atoms with Gasteiger partial charge in [-0.25, -0.2) is 4.98 Å². The number of aldehydes is 1. The first-order valence-corrected chi connectivity index (χ1v) is 4.13. The molecular weight excluding hydrogens is 164 g/mol. The molecule has 0 aromatic carbocycles. The lowest BCUT2D eigenvalue weighted by Crippen LogP contribution is -1.86. The summed E-state index contributed by atoms with van der Waals surface area (Å²) >= 11 is 0. The van der Waals surface area contributed by atoms with Crippen molar-refractivity contribution < 1.29 is 4.79 Å². The summed E-state index contributed by atoms with van der Waals surface area (Å²) in [5.74, 6) is 0. The summed E-state index contributed by atoms with van der Waals surface area (Å²) in [6.45, 7) is 3.92. The number of fused-ring (bicyclic) bond motifs is 1. The molecule has 3 heteroatoms. The molecule has 0 unspecified atom stereocenters. The zero-order valence-corrected chi connectivity index (χ0v) is 7.59. The fourth-order valence-corrected chi connectivity index (χ4v) is 1.62. The third-order valence-corrected chi connectivity index (χ3v) is 2.12. The maximum Gasteiger partial charge on any atom is 0.152 e. The van der Waals surface area contributed by atoms with Gasteiger partial charge in [-0.05, 0) is 25.5 Å². The van der Waals surface area contributed by atoms with Crippen molar-refractivity contribution >= 4 is 17.3 Å². The molecule has 3 nitrogen and oxygen atoms in total. The normalized spacial score (nSPS) is 10.6. The molecule has 2 aromatic rings. The summed E-state index contributed by atoms with van der Waals surface area (Å²) in [4.78, 5) is 17.9. The topological polar surface area (TPSA) is 45.8 Å². The Morgan fingerprint density at radius 1 is 1.46 bits per heavy atom. The van der Waals surface area contributed by atoms with Gasteiger partial charge in [-0.3, -0.25) is 4.79 Å². The van der Waals surface area contributed by atoms with Crippen molar-refractivity contribution in [1.29, 1.82) is 0 Å². The summed E-state index contributed by atoms with van der Waals surface area (Å²) in [5.41, 5.74) is 3.52. The minimum atomic E-state index is 0.681. The Labute approximate surface area is 75.8 Å². The molecule has 0 saturated carbocycles. The standard InChI is InChI=1S/C10H10N2O/c1-6-3-7(2)12-10-9(6)8(5-13)4-11-10/h3-5H,1-2H3,(H,11,12). The number of nitrogens with zero attached hydrogens (tertiary/aromatic N) is 1. The van der Waals surface area contributed by atoms with Crippen molar-refractivity contribution in [3.63, 3.8) is 0 Å². The predicted molar refractivity (Wildman–Crippen MR) is 51.0 cm³/mol. The summed E-state index contributed by atoms with van der Waals surface area (Å²) in [6.07, 6.45) is 2.54. The highest BCUT2D eigenvalue weighted by atomic mass is 16.1. The number of H-pyrrole nitrogens is 1. The molecule has 0 aliphatic heterocycles. The van der Waals surface area contributed by atoms with Crippen LogP contribution in [0.15, 0.2) is 12.3 Å². The number of hydrogen-bond donors (Lipinski definition) is 1. The Balaban J connectivity index is 2.89. The highest BCUT2D eigenvalue weighted by Crippen LogP contribution is 2.19. The third-order valence-electron chi connectivity index (χ3n) is 2.12. The number of carbonyl (C=O) groups is 1. The maximum atomic E-state index is 10.7. The van der Waals surface area contributed by atoms with Gasteiger partial charge in [0.1, 0.15) is 5.65 Å². The molecular formula is C10H10N2O. The zero-order chi connectivity index (χ0) is 9.42. The number of aromatic amines is 1. The van der Waals surface area contributed by atoms with Crippen LogP contribution >= 0.6 is 0 Å². The molecule has 0 fully saturated rings. The molecule has 2 heterocycles. The van der Waals surface area contributed by atoms with Crippen LogP contribution in [0.25, 0.3) is 11.0 Å². The second kappa shape index (κ2) is 2.69. The third kappa shape index (κ3) is 1.13. The van der Waals surface area contributed by atoms with E-state index in [-0.39, 0.29) is 0 Å². The first kappa shape index (κ1) is 7.98. The first-order chi connectivity index (χ1) is 6.22. The SMILES string of the molecule is Cc1cc(C)c2c(C=O)c[nH]c2n1. The Morgan fingerprint density at radius 2 is 2.23 bits per heavy atom. The van der Waals surface area contributed by atoms with Crippen LogP contribution in [0, 0.1) is 13.8 Å². The van der Waals surface area contributed by atoms with E-state index in [1.807, 2.05) is 19.9 Å². The molecule has 0 aliphatic carbocycles. The van der Waals surface area contributed by atoms with Crippen molar-refractivity contribution in [2.24, 2.45) is 0 Å². The van der Waals surface area contributed by atoms with Crippen LogP contribution in [0.1, 0.15) is 21.6 Å². The van der Waals surface area contributed by atoms with Crippen molar-refractivity contribution in [1.82, 2.24) is 9.97 Å². The summed E-state index contributed by atoms with van der Waals surface area (Å²) in [6, 6.07) is 1.98. The number of hydrogen-bond acceptors (Lipinski definition) is 2. The molecule has 0 amide bonds. The number of rotatable bonds is 1. The van der Waals surface area contributed by atoms with Crippen molar-refractivity contribution in [3.05, 3.63) is 29.1 Å². The van der Waals surface area contributed by atoms with Crippen molar-refractivity contribution in [2.45, 2.75) is 13.8 Å². The highest BCUT2D eigenvalue weighted by Gasteiger charge is 2.06. The van der Waals surface area contributed by atoms with Gasteiger partial charge < -0.3 is 4.98 Å². The Kier molecular flexibility index (Phi) is 1.65. The molecule has 1 N–H and O–H groups in total. The second-order valence-electron chi connectivity index (χ2n) is 3.17. The lowest BCUT2D eigenvalue weighted by molar-refractivity contribution is 0.112. The van der Waals surface area contributed by atoms with Crippen LogP contribution < -0.4 is 0 Å². The van der Waals surface area contributed by atoms with Gasteiger partial charge in [-0.2, -0.15) is 0 Å². The smallest absolute Gasteiger partial charge is 0.152 e. The molecule has 0 saturated heterocycles. The highest BCUT2D eigenvalue weighted by molar-refractivity contribution is 5.97. The number of pyridine rings is 1. The summed E-state index contributed by atoms with van der Waals surface area (Å²) < 4.78 is 0. The van der Waals surface area contributed by atoms with E-state index in [0.717, 1.165) is 28.6 Å². The van der Waals surface area contributed by atoms with Gasteiger partial charge in [-0.1, -0.05) is 0 Å². The van der Waals surface area contributed by atoms with Gasteiger partial charge in [0.2, 0.25) is 0 Å². The first-order valence-electron chi connectivity index (χ1n) is 4.13. The summed E-state index contributed by atoms with van der Waals surface area (Å²) in [7, 11) is 0. The molecule has 66 valence electrons. The van der Waals surface area contributed by atoms with E-state index in [2.05, 4.69) is 9.97 Å². The lowest BCUT2D eigenvalue weighted by atomic mass is 10.1. The van der Waals surface area contributed by atoms with E-state index < -0.39 is 0 Å². The number of carbonyl (C=O) groups excluding carboxylic acids is 1. The molecule has 0 spiro atoms. The molecule has 0 aliphatic rings. The van der Waals surface area contributed by atoms with Gasteiger partial charge in [0.05, 0.1) is 0 Å². The van der Waals surface area contributed by atoms with Crippen molar-refractivity contribution in [3.8, 4) is 0 Å². The molecule has 0 atom stereocenters. The molecule has 0 radical (unpaired) electrons. The van der Waals surface area contributed by atoms with E-state index in [1.54, 1.807) is 6.20 Å². The minimum Gasteiger partial charge on any atom is -0.345 e. The fraction of sp³-hybridized carbons (Fsp3) is 0.200. The van der Waals surface area contributed by atoms with Gasteiger partial charge in [0, 0.05) is 22.8 Å². The number of nitrogens with one attached hydrogen (secondary N) is 1. The van der Waals surface area contributed by atoms with Crippen LogP contribution in [0.2, 0.25) is 0 Å². The maximum absolute atomic E-state index is 10.7. The minimum absolute atomic E-state index is 0.681. The lowest BCUT2D eigenvalue weighted by Gasteiger charge is -1.98. The van der Waals surface area contributed by atoms with E-state index in [4.69, 9.17) is 0 Å². The Bertz CT molecular complexity index is 471. The fourth-order valence-electron chi connectivity index (χ4n) is 1.62. The molecule has 0 bridgehead atoms. The predicted octanol–water partition coefficient (Wildman–Crippen LogP) is 1.99. The van der Waals surface area contributed by atoms with Gasteiger partial charge in [0.15, 0.2) is 6.29 Å². The Hall–Kier alpha value is -1.64. The van der Waals surface area contributed by atoms with Gasteiger partial charge in [0.25, 0.3) is 0 Å². The van der Waals surface area contributed by atoms with Crippen LogP contribution in [0.4, 0.5) is 0 Å². The average Bonchev–Trinajstić information content (AvgIpc) is 2.47. The molecule has 2 aromatic heterocycles. The number of aryl methyl sites for hydroxylation is 2. The second-order valence-corrected chi connectivity index (χ2v) is 3.17. The monoisotopic (exact) mass is 174 g/mol. The Morgan fingerprint density at radius 3 is 2.92 bits per heavy atom. The average molecular weight is 174 g/mol. The van der Waals surface area contributed by atoms with Gasteiger partial charge in [-0.15, -0.1) is 0 Å². The van der Waals surface area contributed by atoms with Crippen LogP contribution in [-0.4, -0.2) is 16.3 Å². The van der Waals surface area contributed by atoms with Crippen LogP contribution in [0.3, 0.4) is 0 Å².